The molecular weight excluding hydrogens is 339 g/mol. The predicted octanol–water partition coefficient (Wildman–Crippen LogP) is 3.51. The van der Waals surface area contributed by atoms with Crippen molar-refractivity contribution in [1.29, 1.82) is 0 Å². The van der Waals surface area contributed by atoms with E-state index in [0.29, 0.717) is 5.56 Å². The van der Waals surface area contributed by atoms with Gasteiger partial charge < -0.3 is 15.2 Å². The molecule has 1 amide bonds. The first-order valence-corrected chi connectivity index (χ1v) is 7.11. The molecule has 0 saturated carbocycles. The molecular formula is C17H14F3NO4. The minimum absolute atomic E-state index is 0.136. The zero-order chi connectivity index (χ0) is 18.6. The summed E-state index contributed by atoms with van der Waals surface area (Å²) in [4.78, 5) is 23.6. The first kappa shape index (κ1) is 18.3. The molecule has 0 radical (unpaired) electrons. The highest BCUT2D eigenvalue weighted by Crippen LogP contribution is 2.34. The van der Waals surface area contributed by atoms with Crippen molar-refractivity contribution in [1.82, 2.24) is 0 Å². The van der Waals surface area contributed by atoms with Crippen LogP contribution >= 0.6 is 0 Å². The third-order valence-electron chi connectivity index (χ3n) is 3.21. The lowest BCUT2D eigenvalue weighted by Crippen LogP contribution is -2.22. The zero-order valence-electron chi connectivity index (χ0n) is 13.1. The van der Waals surface area contributed by atoms with Crippen molar-refractivity contribution in [2.24, 2.45) is 0 Å². The number of para-hydroxylation sites is 1. The molecule has 0 spiro atoms. The summed E-state index contributed by atoms with van der Waals surface area (Å²) in [5.41, 5.74) is -0.891. The first-order valence-electron chi connectivity index (χ1n) is 7.11. The topological polar surface area (TPSA) is 75.6 Å². The number of hydrogen-bond donors (Lipinski definition) is 2. The lowest BCUT2D eigenvalue weighted by molar-refractivity contribution is -0.137. The Morgan fingerprint density at radius 1 is 1.16 bits per heavy atom. The highest BCUT2D eigenvalue weighted by molar-refractivity contribution is 5.97. The molecule has 0 bridgehead atoms. The highest BCUT2D eigenvalue weighted by Gasteiger charge is 2.33. The molecule has 0 aliphatic carbocycles. The Morgan fingerprint density at radius 3 is 2.52 bits per heavy atom. The average Bonchev–Trinajstić information content (AvgIpc) is 2.54. The van der Waals surface area contributed by atoms with Crippen LogP contribution in [0, 0.1) is 6.92 Å². The van der Waals surface area contributed by atoms with Gasteiger partial charge in [0.15, 0.2) is 6.61 Å². The van der Waals surface area contributed by atoms with Gasteiger partial charge in [-0.25, -0.2) is 4.79 Å². The Kier molecular flexibility index (Phi) is 5.31. The molecule has 25 heavy (non-hydrogen) atoms. The second-order valence-corrected chi connectivity index (χ2v) is 5.19. The molecule has 0 atom stereocenters. The fourth-order valence-corrected chi connectivity index (χ4v) is 2.05. The number of aromatic hydroxyl groups is 1. The number of aryl methyl sites for hydroxylation is 1. The lowest BCUT2D eigenvalue weighted by Gasteiger charge is -2.13. The molecule has 0 saturated heterocycles. The van der Waals surface area contributed by atoms with Gasteiger partial charge in [0, 0.05) is 0 Å². The van der Waals surface area contributed by atoms with E-state index in [4.69, 9.17) is 4.74 Å². The third-order valence-corrected chi connectivity index (χ3v) is 3.21. The van der Waals surface area contributed by atoms with Crippen molar-refractivity contribution in [2.75, 3.05) is 11.9 Å². The average molecular weight is 353 g/mol. The molecule has 8 heteroatoms. The minimum Gasteiger partial charge on any atom is -0.507 e. The van der Waals surface area contributed by atoms with Gasteiger partial charge in [0.05, 0.1) is 11.3 Å². The molecule has 0 fully saturated rings. The van der Waals surface area contributed by atoms with E-state index in [0.717, 1.165) is 12.1 Å². The second-order valence-electron chi connectivity index (χ2n) is 5.19. The Morgan fingerprint density at radius 2 is 1.84 bits per heavy atom. The van der Waals surface area contributed by atoms with Gasteiger partial charge in [-0.05, 0) is 31.2 Å². The van der Waals surface area contributed by atoms with Crippen LogP contribution in [0.2, 0.25) is 0 Å². The monoisotopic (exact) mass is 353 g/mol. The van der Waals surface area contributed by atoms with E-state index in [-0.39, 0.29) is 11.3 Å². The molecule has 0 aliphatic heterocycles. The predicted molar refractivity (Wildman–Crippen MR) is 83.2 cm³/mol. The number of nitrogens with one attached hydrogen (secondary N) is 1. The van der Waals surface area contributed by atoms with Gasteiger partial charge in [0.1, 0.15) is 11.3 Å². The fraction of sp³-hybridized carbons (Fsp3) is 0.176. The zero-order valence-corrected chi connectivity index (χ0v) is 13.1. The second kappa shape index (κ2) is 7.25. The third kappa shape index (κ3) is 4.72. The number of benzene rings is 2. The summed E-state index contributed by atoms with van der Waals surface area (Å²) in [5.74, 6) is -2.21. The highest BCUT2D eigenvalue weighted by atomic mass is 19.4. The number of ether oxygens (including phenoxy) is 1. The van der Waals surface area contributed by atoms with Crippen molar-refractivity contribution in [3.8, 4) is 5.75 Å². The van der Waals surface area contributed by atoms with Crippen molar-refractivity contribution in [3.63, 3.8) is 0 Å². The molecule has 0 aromatic heterocycles. The molecule has 0 unspecified atom stereocenters. The molecule has 0 aliphatic rings. The number of phenolic OH excluding ortho intramolecular Hbond substituents is 1. The number of carbonyl (C=O) groups excluding carboxylic acids is 2. The van der Waals surface area contributed by atoms with Gasteiger partial charge in [-0.2, -0.15) is 13.2 Å². The van der Waals surface area contributed by atoms with Gasteiger partial charge in [-0.3, -0.25) is 4.79 Å². The van der Waals surface area contributed by atoms with Gasteiger partial charge in [0.25, 0.3) is 5.91 Å². The van der Waals surface area contributed by atoms with Crippen LogP contribution in [-0.4, -0.2) is 23.6 Å². The summed E-state index contributed by atoms with van der Waals surface area (Å²) in [6.07, 6.45) is -4.63. The summed E-state index contributed by atoms with van der Waals surface area (Å²) < 4.78 is 43.3. The summed E-state index contributed by atoms with van der Waals surface area (Å²) in [6.45, 7) is 0.898. The number of esters is 1. The van der Waals surface area contributed by atoms with Crippen molar-refractivity contribution < 1.29 is 32.6 Å². The van der Waals surface area contributed by atoms with Crippen molar-refractivity contribution in [3.05, 3.63) is 59.2 Å². The van der Waals surface area contributed by atoms with Crippen LogP contribution in [-0.2, 0) is 15.7 Å². The van der Waals surface area contributed by atoms with E-state index in [1.165, 1.54) is 24.3 Å². The van der Waals surface area contributed by atoms with E-state index in [9.17, 15) is 27.9 Å². The van der Waals surface area contributed by atoms with Gasteiger partial charge in [-0.1, -0.05) is 23.8 Å². The number of phenols is 1. The van der Waals surface area contributed by atoms with Gasteiger partial charge >= 0.3 is 12.1 Å². The normalized spacial score (nSPS) is 11.0. The van der Waals surface area contributed by atoms with Crippen molar-refractivity contribution in [2.45, 2.75) is 13.1 Å². The number of rotatable bonds is 4. The number of alkyl halides is 3. The summed E-state index contributed by atoms with van der Waals surface area (Å²) in [7, 11) is 0. The fourth-order valence-electron chi connectivity index (χ4n) is 2.05. The van der Waals surface area contributed by atoms with Crippen LogP contribution in [0.4, 0.5) is 18.9 Å². The van der Waals surface area contributed by atoms with E-state index >= 15 is 0 Å². The van der Waals surface area contributed by atoms with Crippen LogP contribution in [0.3, 0.4) is 0 Å². The SMILES string of the molecule is Cc1ccc(O)c(C(=O)OCC(=O)Nc2ccccc2C(F)(F)F)c1. The standard InChI is InChI=1S/C17H14F3NO4/c1-10-6-7-14(22)11(8-10)16(24)25-9-15(23)21-13-5-3-2-4-12(13)17(18,19)20/h2-8,22H,9H2,1H3,(H,21,23). The molecule has 2 aromatic carbocycles. The van der Waals surface area contributed by atoms with Gasteiger partial charge in [-0.15, -0.1) is 0 Å². The number of amides is 1. The minimum atomic E-state index is -4.63. The maximum Gasteiger partial charge on any atom is 0.418 e. The molecule has 132 valence electrons. The first-order chi connectivity index (χ1) is 11.7. The number of anilines is 1. The van der Waals surface area contributed by atoms with E-state index in [1.807, 2.05) is 0 Å². The van der Waals surface area contributed by atoms with Crippen LogP contribution < -0.4 is 5.32 Å². The molecule has 2 aromatic rings. The van der Waals surface area contributed by atoms with E-state index in [1.54, 1.807) is 13.0 Å². The largest absolute Gasteiger partial charge is 0.507 e. The molecule has 5 nitrogen and oxygen atoms in total. The van der Waals surface area contributed by atoms with Crippen LogP contribution in [0.15, 0.2) is 42.5 Å². The van der Waals surface area contributed by atoms with Crippen LogP contribution in [0.25, 0.3) is 0 Å². The summed E-state index contributed by atoms with van der Waals surface area (Å²) in [5, 5.41) is 11.7. The Balaban J connectivity index is 2.02. The molecule has 2 N–H and O–H groups in total. The number of carbonyl (C=O) groups is 2. The maximum absolute atomic E-state index is 12.9. The smallest absolute Gasteiger partial charge is 0.418 e. The maximum atomic E-state index is 12.9. The van der Waals surface area contributed by atoms with Crippen LogP contribution in [0.1, 0.15) is 21.5 Å². The van der Waals surface area contributed by atoms with E-state index in [2.05, 4.69) is 5.32 Å². The Labute approximate surface area is 141 Å². The van der Waals surface area contributed by atoms with E-state index < -0.39 is 35.9 Å². The lowest BCUT2D eigenvalue weighted by atomic mass is 10.1. The Bertz CT molecular complexity index is 803. The number of halogens is 3. The van der Waals surface area contributed by atoms with Gasteiger partial charge in [0.2, 0.25) is 0 Å². The van der Waals surface area contributed by atoms with Crippen molar-refractivity contribution >= 4 is 17.6 Å². The molecule has 0 heterocycles. The number of hydrogen-bond acceptors (Lipinski definition) is 4. The summed E-state index contributed by atoms with van der Waals surface area (Å²) >= 11 is 0. The quantitative estimate of drug-likeness (QED) is 0.825. The Hall–Kier alpha value is -3.03. The summed E-state index contributed by atoms with van der Waals surface area (Å²) in [6, 6.07) is 8.69. The molecule has 2 rings (SSSR count). The van der Waals surface area contributed by atoms with Crippen LogP contribution in [0.5, 0.6) is 5.75 Å².